The molecule has 2 rings (SSSR count). The van der Waals surface area contributed by atoms with E-state index in [9.17, 15) is 0 Å². The third-order valence-electron chi connectivity index (χ3n) is 2.58. The molecule has 0 amide bonds. The molecule has 0 atom stereocenters. The quantitative estimate of drug-likeness (QED) is 0.753. The van der Waals surface area contributed by atoms with Gasteiger partial charge in [0.25, 0.3) is 0 Å². The van der Waals surface area contributed by atoms with E-state index in [-0.39, 0.29) is 0 Å². The summed E-state index contributed by atoms with van der Waals surface area (Å²) in [4.78, 5) is 8.40. The maximum Gasteiger partial charge on any atom is 0.224 e. The molecule has 0 bridgehead atoms. The number of piperidine rings is 1. The van der Waals surface area contributed by atoms with Gasteiger partial charge in [-0.25, -0.2) is 9.97 Å². The molecule has 2 heterocycles. The Kier molecular flexibility index (Phi) is 3.38. The molecule has 1 aromatic rings. The topological polar surface area (TPSA) is 49.8 Å². The standard InChI is InChI=1S/C10H15ClN4/c1-7-6-13-10(15-9(7)11)14-8-2-4-12-5-3-8/h6,8,12H,2-5H2,1H3,(H,13,14,15). The van der Waals surface area contributed by atoms with E-state index in [1.807, 2.05) is 6.92 Å². The number of aromatic nitrogens is 2. The molecule has 0 aliphatic carbocycles. The highest BCUT2D eigenvalue weighted by Crippen LogP contribution is 2.14. The van der Waals surface area contributed by atoms with E-state index in [1.165, 1.54) is 0 Å². The van der Waals surface area contributed by atoms with Gasteiger partial charge in [-0.3, -0.25) is 0 Å². The number of hydrogen-bond acceptors (Lipinski definition) is 4. The molecular formula is C10H15ClN4. The lowest BCUT2D eigenvalue weighted by atomic mass is 10.1. The summed E-state index contributed by atoms with van der Waals surface area (Å²) in [7, 11) is 0. The normalized spacial score (nSPS) is 17.7. The lowest BCUT2D eigenvalue weighted by Gasteiger charge is -2.23. The average molecular weight is 227 g/mol. The first-order valence-corrected chi connectivity index (χ1v) is 5.60. The second-order valence-corrected chi connectivity index (χ2v) is 4.19. The molecule has 0 spiro atoms. The van der Waals surface area contributed by atoms with Crippen LogP contribution in [0.5, 0.6) is 0 Å². The summed E-state index contributed by atoms with van der Waals surface area (Å²) in [6, 6.07) is 0.463. The zero-order chi connectivity index (χ0) is 10.7. The molecule has 15 heavy (non-hydrogen) atoms. The minimum absolute atomic E-state index is 0.463. The lowest BCUT2D eigenvalue weighted by Crippen LogP contribution is -2.35. The summed E-state index contributed by atoms with van der Waals surface area (Å²) >= 11 is 5.93. The van der Waals surface area contributed by atoms with E-state index < -0.39 is 0 Å². The van der Waals surface area contributed by atoms with Gasteiger partial charge in [0, 0.05) is 17.8 Å². The van der Waals surface area contributed by atoms with E-state index in [4.69, 9.17) is 11.6 Å². The fraction of sp³-hybridized carbons (Fsp3) is 0.600. The number of halogens is 1. The van der Waals surface area contributed by atoms with Crippen molar-refractivity contribution >= 4 is 17.5 Å². The summed E-state index contributed by atoms with van der Waals surface area (Å²) in [5.41, 5.74) is 0.910. The average Bonchev–Trinajstić information content (AvgIpc) is 2.25. The van der Waals surface area contributed by atoms with Crippen molar-refractivity contribution in [3.63, 3.8) is 0 Å². The Morgan fingerprint density at radius 3 is 2.87 bits per heavy atom. The lowest BCUT2D eigenvalue weighted by molar-refractivity contribution is 0.477. The van der Waals surface area contributed by atoms with Crippen molar-refractivity contribution in [3.05, 3.63) is 16.9 Å². The van der Waals surface area contributed by atoms with Crippen molar-refractivity contribution in [1.29, 1.82) is 0 Å². The monoisotopic (exact) mass is 226 g/mol. The van der Waals surface area contributed by atoms with Gasteiger partial charge in [0.15, 0.2) is 0 Å². The van der Waals surface area contributed by atoms with Gasteiger partial charge >= 0.3 is 0 Å². The van der Waals surface area contributed by atoms with Gasteiger partial charge in [0.1, 0.15) is 5.15 Å². The van der Waals surface area contributed by atoms with E-state index in [2.05, 4.69) is 20.6 Å². The Balaban J connectivity index is 2.00. The predicted octanol–water partition coefficient (Wildman–Crippen LogP) is 1.60. The van der Waals surface area contributed by atoms with Crippen molar-refractivity contribution in [1.82, 2.24) is 15.3 Å². The summed E-state index contributed by atoms with van der Waals surface area (Å²) in [6.07, 6.45) is 3.96. The van der Waals surface area contributed by atoms with Gasteiger partial charge in [0.05, 0.1) is 0 Å². The molecule has 1 aromatic heterocycles. The smallest absolute Gasteiger partial charge is 0.224 e. The fourth-order valence-electron chi connectivity index (χ4n) is 1.64. The van der Waals surface area contributed by atoms with E-state index >= 15 is 0 Å². The summed E-state index contributed by atoms with van der Waals surface area (Å²) in [6.45, 7) is 4.01. The van der Waals surface area contributed by atoms with Gasteiger partial charge < -0.3 is 10.6 Å². The maximum atomic E-state index is 5.93. The first-order chi connectivity index (χ1) is 7.25. The molecule has 1 aliphatic rings. The molecule has 4 nitrogen and oxygen atoms in total. The van der Waals surface area contributed by atoms with Crippen LogP contribution in [0.4, 0.5) is 5.95 Å². The van der Waals surface area contributed by atoms with E-state index in [0.717, 1.165) is 31.5 Å². The first kappa shape index (κ1) is 10.6. The van der Waals surface area contributed by atoms with Gasteiger partial charge in [-0.1, -0.05) is 11.6 Å². The highest BCUT2D eigenvalue weighted by molar-refractivity contribution is 6.30. The number of nitrogens with zero attached hydrogens (tertiary/aromatic N) is 2. The number of nitrogens with one attached hydrogen (secondary N) is 2. The Morgan fingerprint density at radius 1 is 1.47 bits per heavy atom. The van der Waals surface area contributed by atoms with Gasteiger partial charge in [-0.2, -0.15) is 0 Å². The molecule has 0 aromatic carbocycles. The number of hydrogen-bond donors (Lipinski definition) is 2. The molecule has 82 valence electrons. The van der Waals surface area contributed by atoms with Crippen LogP contribution in [0.15, 0.2) is 6.20 Å². The van der Waals surface area contributed by atoms with Crippen molar-refractivity contribution in [2.24, 2.45) is 0 Å². The van der Waals surface area contributed by atoms with Crippen LogP contribution < -0.4 is 10.6 Å². The van der Waals surface area contributed by atoms with Crippen molar-refractivity contribution in [2.75, 3.05) is 18.4 Å². The predicted molar refractivity (Wildman–Crippen MR) is 61.3 cm³/mol. The summed E-state index contributed by atoms with van der Waals surface area (Å²) in [5, 5.41) is 7.15. The zero-order valence-corrected chi connectivity index (χ0v) is 9.51. The van der Waals surface area contributed by atoms with Crippen LogP contribution in [0, 0.1) is 6.92 Å². The SMILES string of the molecule is Cc1cnc(NC2CCNCC2)nc1Cl. The van der Waals surface area contributed by atoms with Crippen LogP contribution in [0.25, 0.3) is 0 Å². The zero-order valence-electron chi connectivity index (χ0n) is 8.76. The number of anilines is 1. The Bertz CT molecular complexity index is 336. The molecule has 5 heteroatoms. The second-order valence-electron chi connectivity index (χ2n) is 3.84. The highest BCUT2D eigenvalue weighted by atomic mass is 35.5. The molecule has 1 aliphatic heterocycles. The molecule has 1 fully saturated rings. The summed E-state index contributed by atoms with van der Waals surface area (Å²) in [5.74, 6) is 0.637. The van der Waals surface area contributed by atoms with E-state index in [0.29, 0.717) is 17.1 Å². The fourth-order valence-corrected chi connectivity index (χ4v) is 1.77. The van der Waals surface area contributed by atoms with Crippen LogP contribution in [0.2, 0.25) is 5.15 Å². The molecular weight excluding hydrogens is 212 g/mol. The van der Waals surface area contributed by atoms with Crippen molar-refractivity contribution in [2.45, 2.75) is 25.8 Å². The van der Waals surface area contributed by atoms with Crippen LogP contribution in [-0.4, -0.2) is 29.1 Å². The van der Waals surface area contributed by atoms with Crippen molar-refractivity contribution < 1.29 is 0 Å². The third-order valence-corrected chi connectivity index (χ3v) is 2.96. The Labute approximate surface area is 94.5 Å². The first-order valence-electron chi connectivity index (χ1n) is 5.22. The highest BCUT2D eigenvalue weighted by Gasteiger charge is 2.13. The molecule has 0 unspecified atom stereocenters. The van der Waals surface area contributed by atoms with Crippen molar-refractivity contribution in [3.8, 4) is 0 Å². The molecule has 2 N–H and O–H groups in total. The second kappa shape index (κ2) is 4.77. The third kappa shape index (κ3) is 2.79. The van der Waals surface area contributed by atoms with Crippen LogP contribution in [0.3, 0.4) is 0 Å². The minimum Gasteiger partial charge on any atom is -0.351 e. The molecule has 0 saturated carbocycles. The van der Waals surface area contributed by atoms with Gasteiger partial charge in [-0.05, 0) is 32.9 Å². The Morgan fingerprint density at radius 2 is 2.20 bits per heavy atom. The van der Waals surface area contributed by atoms with Crippen LogP contribution >= 0.6 is 11.6 Å². The molecule has 0 radical (unpaired) electrons. The van der Waals surface area contributed by atoms with Crippen LogP contribution in [-0.2, 0) is 0 Å². The largest absolute Gasteiger partial charge is 0.351 e. The Hall–Kier alpha value is -0.870. The van der Waals surface area contributed by atoms with Gasteiger partial charge in [-0.15, -0.1) is 0 Å². The summed E-state index contributed by atoms with van der Waals surface area (Å²) < 4.78 is 0. The van der Waals surface area contributed by atoms with E-state index in [1.54, 1.807) is 6.20 Å². The van der Waals surface area contributed by atoms with Crippen LogP contribution in [0.1, 0.15) is 18.4 Å². The minimum atomic E-state index is 0.463. The van der Waals surface area contributed by atoms with Gasteiger partial charge in [0.2, 0.25) is 5.95 Å². The molecule has 1 saturated heterocycles. The maximum absolute atomic E-state index is 5.93. The number of aryl methyl sites for hydroxylation is 1. The number of rotatable bonds is 2.